The average molecular weight is 625 g/mol. The summed E-state index contributed by atoms with van der Waals surface area (Å²) in [4.78, 5) is 58.8. The molecule has 0 bridgehead atoms. The largest absolute Gasteiger partial charge is 0.480 e. The summed E-state index contributed by atoms with van der Waals surface area (Å²) in [6, 6.07) is 1.98. The topological polar surface area (TPSA) is 163 Å². The molecular formula is C25H28N4O7S4. The number of allylic oxidation sites excluding steroid dienone is 3. The minimum Gasteiger partial charge on any atom is -0.480 e. The van der Waals surface area contributed by atoms with Gasteiger partial charge in [0.05, 0.1) is 20.2 Å². The molecule has 1 saturated heterocycles. The van der Waals surface area contributed by atoms with Crippen LogP contribution in [0.2, 0.25) is 0 Å². The molecule has 40 heavy (non-hydrogen) atoms. The highest BCUT2D eigenvalue weighted by atomic mass is 32.2. The zero-order valence-electron chi connectivity index (χ0n) is 22.4. The number of aromatic nitrogens is 2. The third kappa shape index (κ3) is 8.71. The number of thiocarbonyl (C=S) groups is 1. The van der Waals surface area contributed by atoms with E-state index in [9.17, 15) is 24.0 Å². The zero-order chi connectivity index (χ0) is 30.7. The molecule has 214 valence electrons. The third-order valence-electron chi connectivity index (χ3n) is 4.97. The van der Waals surface area contributed by atoms with E-state index in [1.54, 1.807) is 39.0 Å². The first kappa shape index (κ1) is 34.4. The monoisotopic (exact) mass is 624 g/mol. The lowest BCUT2D eigenvalue weighted by atomic mass is 10.3. The number of thioether (sulfide) groups is 1. The van der Waals surface area contributed by atoms with E-state index in [-0.39, 0.29) is 23.6 Å². The van der Waals surface area contributed by atoms with E-state index in [1.807, 2.05) is 19.9 Å². The number of rotatable bonds is 5. The van der Waals surface area contributed by atoms with Crippen molar-refractivity contribution < 1.29 is 24.6 Å². The van der Waals surface area contributed by atoms with Crippen LogP contribution in [0.3, 0.4) is 0 Å². The Labute approximate surface area is 246 Å². The van der Waals surface area contributed by atoms with Crippen LogP contribution in [0.1, 0.15) is 34.6 Å². The molecule has 3 heterocycles. The Morgan fingerprint density at radius 2 is 1.62 bits per heavy atom. The van der Waals surface area contributed by atoms with E-state index >= 15 is 0 Å². The van der Waals surface area contributed by atoms with Gasteiger partial charge < -0.3 is 10.2 Å². The van der Waals surface area contributed by atoms with E-state index in [4.69, 9.17) is 27.7 Å². The van der Waals surface area contributed by atoms with Gasteiger partial charge in [-0.1, -0.05) is 48.8 Å². The van der Waals surface area contributed by atoms with E-state index in [0.29, 0.717) is 34.2 Å². The first-order valence-electron chi connectivity index (χ1n) is 11.5. The van der Waals surface area contributed by atoms with Crippen molar-refractivity contribution in [2.45, 2.75) is 47.7 Å². The van der Waals surface area contributed by atoms with Crippen molar-refractivity contribution >= 4 is 81.5 Å². The Kier molecular flexibility index (Phi) is 13.7. The molecule has 0 aromatic carbocycles. The number of hydrogen-bond donors (Lipinski definition) is 2. The number of amides is 1. The third-order valence-corrected chi connectivity index (χ3v) is 8.87. The summed E-state index contributed by atoms with van der Waals surface area (Å²) in [5.41, 5.74) is 0.145. The van der Waals surface area contributed by atoms with Gasteiger partial charge in [0, 0.05) is 12.1 Å². The average Bonchev–Trinajstić information content (AvgIpc) is 3.48. The van der Waals surface area contributed by atoms with Crippen LogP contribution in [0.15, 0.2) is 32.2 Å². The van der Waals surface area contributed by atoms with Crippen molar-refractivity contribution in [3.8, 4) is 6.07 Å². The smallest absolute Gasteiger partial charge is 0.323 e. The molecule has 0 spiro atoms. The number of hydrogen-bond acceptors (Lipinski definition) is 10. The molecule has 15 heteroatoms. The lowest BCUT2D eigenvalue weighted by Crippen LogP contribution is -2.33. The summed E-state index contributed by atoms with van der Waals surface area (Å²) in [5.74, 6) is -2.51. The molecule has 0 aliphatic carbocycles. The van der Waals surface area contributed by atoms with Crippen molar-refractivity contribution in [1.29, 1.82) is 5.26 Å². The lowest BCUT2D eigenvalue weighted by molar-refractivity contribution is -0.140. The lowest BCUT2D eigenvalue weighted by Gasteiger charge is -2.09. The fourth-order valence-electron chi connectivity index (χ4n) is 2.89. The maximum Gasteiger partial charge on any atom is 0.323 e. The maximum absolute atomic E-state index is 12.3. The van der Waals surface area contributed by atoms with Gasteiger partial charge in [-0.15, -0.1) is 22.7 Å². The molecular weight excluding hydrogens is 597 g/mol. The second-order valence-electron chi connectivity index (χ2n) is 7.61. The van der Waals surface area contributed by atoms with E-state index in [2.05, 4.69) is 6.58 Å². The Bertz CT molecular complexity index is 1740. The molecule has 0 radical (unpaired) electrons. The number of carbonyl (C=O) groups excluding carboxylic acids is 1. The molecule has 1 fully saturated rings. The summed E-state index contributed by atoms with van der Waals surface area (Å²) in [6.07, 6.45) is 5.02. The van der Waals surface area contributed by atoms with Crippen molar-refractivity contribution in [3.63, 3.8) is 0 Å². The van der Waals surface area contributed by atoms with E-state index in [1.165, 1.54) is 15.9 Å². The van der Waals surface area contributed by atoms with Crippen LogP contribution in [-0.4, -0.2) is 53.0 Å². The van der Waals surface area contributed by atoms with Gasteiger partial charge in [-0.25, -0.2) is 0 Å². The quantitative estimate of drug-likeness (QED) is 0.286. The molecule has 1 aliphatic rings. The number of nitrogens with zero attached hydrogens (tertiary/aromatic N) is 4. The maximum atomic E-state index is 12.3. The molecule has 2 aromatic rings. The highest BCUT2D eigenvalue weighted by molar-refractivity contribution is 8.26. The number of nitriles is 1. The fourth-order valence-corrected chi connectivity index (χ4v) is 6.24. The number of carboxylic acids is 2. The Morgan fingerprint density at radius 1 is 1.02 bits per heavy atom. The molecule has 0 saturated carbocycles. The van der Waals surface area contributed by atoms with Crippen molar-refractivity contribution in [2.75, 3.05) is 6.54 Å². The number of carbonyl (C=O) groups is 3. The number of thiazole rings is 2. The van der Waals surface area contributed by atoms with Crippen LogP contribution < -0.4 is 20.3 Å². The van der Waals surface area contributed by atoms with Crippen LogP contribution >= 0.6 is 46.7 Å². The Morgan fingerprint density at radius 3 is 2.00 bits per heavy atom. The molecule has 1 amide bonds. The molecule has 2 N–H and O–H groups in total. The summed E-state index contributed by atoms with van der Waals surface area (Å²) in [6.45, 7) is 12.3. The van der Waals surface area contributed by atoms with Crippen molar-refractivity contribution in [3.05, 3.63) is 61.7 Å². The van der Waals surface area contributed by atoms with Gasteiger partial charge in [-0.05, 0) is 34.6 Å². The van der Waals surface area contributed by atoms with Crippen LogP contribution in [0.5, 0.6) is 0 Å². The normalized spacial score (nSPS) is 15.3. The Balaban J connectivity index is 0.000000357. The Hall–Kier alpha value is -3.58. The zero-order valence-corrected chi connectivity index (χ0v) is 25.7. The second kappa shape index (κ2) is 15.9. The van der Waals surface area contributed by atoms with Crippen molar-refractivity contribution in [1.82, 2.24) is 14.0 Å². The predicted octanol–water partition coefficient (Wildman–Crippen LogP) is 2.05. The van der Waals surface area contributed by atoms with Gasteiger partial charge in [0.15, 0.2) is 0 Å². The first-order chi connectivity index (χ1) is 18.8. The molecule has 2 aromatic heterocycles. The van der Waals surface area contributed by atoms with Crippen LogP contribution in [0, 0.1) is 20.5 Å². The highest BCUT2D eigenvalue weighted by Gasteiger charge is 2.32. The van der Waals surface area contributed by atoms with Gasteiger partial charge in [-0.3, -0.25) is 38.0 Å². The minimum absolute atomic E-state index is 0.240. The predicted molar refractivity (Wildman–Crippen MR) is 161 cm³/mol. The standard InChI is InChI=1S/C13H14N2O4S2.C7H7NO3S2.C5H7N/c1-4-8-11(18)15(6-9(16)17)13(21-8)10-12(19)14(5-2)7(3)20-10;1-2-4-6(11)8(3-5(9)10)7(12)13-4;1-3-5(2)4-6/h4H,3,5-6H2,1-2H3,(H,16,17);2H,3H2,1H3,(H,9,10);3H,1-2H3/b8-4?,13-10+;;. The number of carboxylic acid groups (broad SMARTS) is 2. The van der Waals surface area contributed by atoms with Gasteiger partial charge in [0.25, 0.3) is 17.0 Å². The highest BCUT2D eigenvalue weighted by Crippen LogP contribution is 2.30. The molecule has 0 unspecified atom stereocenters. The molecule has 0 atom stereocenters. The number of aliphatic carboxylic acids is 2. The van der Waals surface area contributed by atoms with Crippen LogP contribution in [-0.2, 0) is 27.5 Å². The molecule has 1 aliphatic heterocycles. The van der Waals surface area contributed by atoms with E-state index in [0.717, 1.165) is 38.1 Å². The summed E-state index contributed by atoms with van der Waals surface area (Å²) >= 11 is 8.28. The van der Waals surface area contributed by atoms with Crippen LogP contribution in [0.25, 0.3) is 12.7 Å². The second-order valence-corrected chi connectivity index (χ2v) is 11.4. The van der Waals surface area contributed by atoms with Gasteiger partial charge in [-0.2, -0.15) is 5.26 Å². The summed E-state index contributed by atoms with van der Waals surface area (Å²) in [5, 5.41) is 25.5. The minimum atomic E-state index is -1.12. The SMILES string of the molecule is C=c1s/c(=c2/sc(=CC)c(=O)n2CC(=O)O)c(=O)n1CC.CC=C(C)C#N.CC=C1SC(=S)N(CC(=O)O)C1=O. The van der Waals surface area contributed by atoms with E-state index < -0.39 is 18.5 Å². The fraction of sp³-hybridized carbons (Fsp3) is 0.320. The first-order valence-corrected chi connectivity index (χ1v) is 14.4. The van der Waals surface area contributed by atoms with Crippen molar-refractivity contribution in [2.24, 2.45) is 0 Å². The summed E-state index contributed by atoms with van der Waals surface area (Å²) < 4.78 is 4.69. The van der Waals surface area contributed by atoms with Gasteiger partial charge >= 0.3 is 11.9 Å². The molecule has 11 nitrogen and oxygen atoms in total. The molecule has 3 rings (SSSR count). The summed E-state index contributed by atoms with van der Waals surface area (Å²) in [7, 11) is 0. The van der Waals surface area contributed by atoms with Gasteiger partial charge in [0.2, 0.25) is 0 Å². The van der Waals surface area contributed by atoms with Crippen LogP contribution in [0.4, 0.5) is 0 Å². The van der Waals surface area contributed by atoms with Gasteiger partial charge in [0.1, 0.15) is 26.6 Å².